The fourth-order valence-electron chi connectivity index (χ4n) is 3.53. The first-order valence-corrected chi connectivity index (χ1v) is 9.34. The van der Waals surface area contributed by atoms with Crippen LogP contribution in [-0.4, -0.2) is 34.0 Å². The molecule has 28 heavy (non-hydrogen) atoms. The topological polar surface area (TPSA) is 71.3 Å². The van der Waals surface area contributed by atoms with E-state index in [4.69, 9.17) is 4.52 Å². The molecule has 1 unspecified atom stereocenters. The molecular weight excluding hydrogens is 359 g/mol. The first kappa shape index (κ1) is 18.3. The van der Waals surface area contributed by atoms with Crippen LogP contribution in [0, 0.1) is 5.82 Å². The second-order valence-electron chi connectivity index (χ2n) is 6.81. The summed E-state index contributed by atoms with van der Waals surface area (Å²) in [5.41, 5.74) is 1.64. The Morgan fingerprint density at radius 3 is 2.79 bits per heavy atom. The number of likely N-dealkylation sites (tertiary alicyclic amines) is 1. The number of benzene rings is 1. The molecule has 7 heteroatoms. The predicted molar refractivity (Wildman–Crippen MR) is 102 cm³/mol. The summed E-state index contributed by atoms with van der Waals surface area (Å²) in [5.74, 6) is -0.00577. The molecule has 0 spiro atoms. The van der Waals surface area contributed by atoms with E-state index in [1.54, 1.807) is 36.7 Å². The van der Waals surface area contributed by atoms with Crippen molar-refractivity contribution >= 4 is 5.91 Å². The molecule has 1 aromatic carbocycles. The summed E-state index contributed by atoms with van der Waals surface area (Å²) in [5, 5.41) is 6.84. The lowest BCUT2D eigenvalue weighted by Gasteiger charge is -2.26. The molecule has 4 rings (SSSR count). The van der Waals surface area contributed by atoms with Crippen molar-refractivity contribution in [3.05, 3.63) is 72.0 Å². The highest BCUT2D eigenvalue weighted by molar-refractivity contribution is 5.83. The van der Waals surface area contributed by atoms with Gasteiger partial charge in [-0.3, -0.25) is 14.7 Å². The minimum atomic E-state index is -0.384. The SMILES string of the molecule is O=C(NCc1cc(-c2ccccc2F)no1)C(c1cccnc1)N1CCCC1. The van der Waals surface area contributed by atoms with E-state index in [2.05, 4.69) is 20.4 Å². The summed E-state index contributed by atoms with van der Waals surface area (Å²) < 4.78 is 19.2. The zero-order chi connectivity index (χ0) is 19.3. The van der Waals surface area contributed by atoms with E-state index in [1.165, 1.54) is 6.07 Å². The lowest BCUT2D eigenvalue weighted by molar-refractivity contribution is -0.126. The van der Waals surface area contributed by atoms with Crippen LogP contribution in [0.3, 0.4) is 0 Å². The highest BCUT2D eigenvalue weighted by Gasteiger charge is 2.29. The van der Waals surface area contributed by atoms with Gasteiger partial charge < -0.3 is 9.84 Å². The van der Waals surface area contributed by atoms with Crippen molar-refractivity contribution < 1.29 is 13.7 Å². The Hall–Kier alpha value is -3.06. The maximum absolute atomic E-state index is 13.9. The molecule has 1 amide bonds. The third-order valence-electron chi connectivity index (χ3n) is 4.90. The number of aromatic nitrogens is 2. The average molecular weight is 380 g/mol. The fraction of sp³-hybridized carbons (Fsp3) is 0.286. The highest BCUT2D eigenvalue weighted by Crippen LogP contribution is 2.25. The molecule has 0 radical (unpaired) electrons. The molecule has 1 saturated heterocycles. The van der Waals surface area contributed by atoms with Gasteiger partial charge in [-0.25, -0.2) is 4.39 Å². The van der Waals surface area contributed by atoms with Crippen LogP contribution in [0.2, 0.25) is 0 Å². The van der Waals surface area contributed by atoms with Crippen LogP contribution >= 0.6 is 0 Å². The second-order valence-corrected chi connectivity index (χ2v) is 6.81. The maximum atomic E-state index is 13.9. The van der Waals surface area contributed by atoms with Crippen LogP contribution in [0.5, 0.6) is 0 Å². The van der Waals surface area contributed by atoms with Crippen LogP contribution in [0.25, 0.3) is 11.3 Å². The number of carbonyl (C=O) groups excluding carboxylic acids is 1. The molecule has 1 N–H and O–H groups in total. The number of nitrogens with one attached hydrogen (secondary N) is 1. The Morgan fingerprint density at radius 2 is 2.04 bits per heavy atom. The molecule has 1 aliphatic heterocycles. The minimum absolute atomic E-state index is 0.112. The van der Waals surface area contributed by atoms with Crippen molar-refractivity contribution in [2.75, 3.05) is 13.1 Å². The van der Waals surface area contributed by atoms with Crippen LogP contribution in [0.4, 0.5) is 4.39 Å². The minimum Gasteiger partial charge on any atom is -0.359 e. The van der Waals surface area contributed by atoms with Gasteiger partial charge in [0.15, 0.2) is 5.76 Å². The Bertz CT molecular complexity index is 938. The summed E-state index contributed by atoms with van der Waals surface area (Å²) in [7, 11) is 0. The maximum Gasteiger partial charge on any atom is 0.242 e. The molecule has 6 nitrogen and oxygen atoms in total. The lowest BCUT2D eigenvalue weighted by Crippen LogP contribution is -2.39. The lowest BCUT2D eigenvalue weighted by atomic mass is 10.1. The van der Waals surface area contributed by atoms with Crippen LogP contribution in [0.15, 0.2) is 59.4 Å². The van der Waals surface area contributed by atoms with Gasteiger partial charge in [-0.2, -0.15) is 0 Å². The molecule has 1 atom stereocenters. The van der Waals surface area contributed by atoms with E-state index in [1.807, 2.05) is 12.1 Å². The van der Waals surface area contributed by atoms with Gasteiger partial charge in [0, 0.05) is 24.0 Å². The third kappa shape index (κ3) is 3.94. The monoisotopic (exact) mass is 380 g/mol. The summed E-state index contributed by atoms with van der Waals surface area (Å²) >= 11 is 0. The van der Waals surface area contributed by atoms with Crippen molar-refractivity contribution in [1.29, 1.82) is 0 Å². The number of halogens is 1. The zero-order valence-electron chi connectivity index (χ0n) is 15.3. The van der Waals surface area contributed by atoms with Gasteiger partial charge in [0.25, 0.3) is 0 Å². The van der Waals surface area contributed by atoms with E-state index >= 15 is 0 Å². The van der Waals surface area contributed by atoms with Gasteiger partial charge in [-0.15, -0.1) is 0 Å². The number of hydrogen-bond donors (Lipinski definition) is 1. The van der Waals surface area contributed by atoms with E-state index in [-0.39, 0.29) is 24.3 Å². The molecule has 1 fully saturated rings. The molecular formula is C21H21FN4O2. The van der Waals surface area contributed by atoms with E-state index in [9.17, 15) is 9.18 Å². The number of hydrogen-bond acceptors (Lipinski definition) is 5. The van der Waals surface area contributed by atoms with Gasteiger partial charge in [0.1, 0.15) is 17.6 Å². The Labute approximate surface area is 162 Å². The first-order valence-electron chi connectivity index (χ1n) is 9.34. The summed E-state index contributed by atoms with van der Waals surface area (Å²) in [6, 6.07) is 11.4. The molecule has 2 aromatic heterocycles. The largest absolute Gasteiger partial charge is 0.359 e. The van der Waals surface area contributed by atoms with Gasteiger partial charge in [0.2, 0.25) is 5.91 Å². The Balaban J connectivity index is 1.46. The molecule has 0 bridgehead atoms. The third-order valence-corrected chi connectivity index (χ3v) is 4.90. The van der Waals surface area contributed by atoms with Crippen molar-refractivity contribution in [1.82, 2.24) is 20.4 Å². The second kappa shape index (κ2) is 8.31. The smallest absolute Gasteiger partial charge is 0.242 e. The average Bonchev–Trinajstić information content (AvgIpc) is 3.40. The van der Waals surface area contributed by atoms with Crippen LogP contribution in [0.1, 0.15) is 30.2 Å². The van der Waals surface area contributed by atoms with Gasteiger partial charge in [-0.1, -0.05) is 23.4 Å². The fourth-order valence-corrected chi connectivity index (χ4v) is 3.53. The van der Waals surface area contributed by atoms with Crippen molar-refractivity contribution in [3.8, 4) is 11.3 Å². The number of carbonyl (C=O) groups is 1. The van der Waals surface area contributed by atoms with Crippen molar-refractivity contribution in [2.24, 2.45) is 0 Å². The molecule has 144 valence electrons. The number of rotatable bonds is 6. The predicted octanol–water partition coefficient (Wildman–Crippen LogP) is 3.33. The van der Waals surface area contributed by atoms with E-state index in [0.717, 1.165) is 31.5 Å². The van der Waals surface area contributed by atoms with Crippen molar-refractivity contribution in [3.63, 3.8) is 0 Å². The highest BCUT2D eigenvalue weighted by atomic mass is 19.1. The van der Waals surface area contributed by atoms with Crippen LogP contribution in [-0.2, 0) is 11.3 Å². The first-order chi connectivity index (χ1) is 13.7. The summed E-state index contributed by atoms with van der Waals surface area (Å²) in [6.07, 6.45) is 5.59. The van der Waals surface area contributed by atoms with Gasteiger partial charge >= 0.3 is 0 Å². The normalized spacial score (nSPS) is 15.5. The van der Waals surface area contributed by atoms with Gasteiger partial charge in [0.05, 0.1) is 6.54 Å². The van der Waals surface area contributed by atoms with E-state index in [0.29, 0.717) is 17.0 Å². The zero-order valence-corrected chi connectivity index (χ0v) is 15.3. The van der Waals surface area contributed by atoms with Crippen molar-refractivity contribution in [2.45, 2.75) is 25.4 Å². The van der Waals surface area contributed by atoms with E-state index < -0.39 is 0 Å². The summed E-state index contributed by atoms with van der Waals surface area (Å²) in [4.78, 5) is 19.2. The number of amides is 1. The molecule has 1 aliphatic rings. The molecule has 0 aliphatic carbocycles. The Kier molecular flexibility index (Phi) is 5.43. The number of pyridine rings is 1. The standard InChI is InChI=1S/C21H21FN4O2/c22-18-8-2-1-7-17(18)19-12-16(28-25-19)14-24-21(27)20(26-10-3-4-11-26)15-6-5-9-23-13-15/h1-2,5-9,12-13,20H,3-4,10-11,14H2,(H,24,27). The van der Waals surface area contributed by atoms with Gasteiger partial charge in [-0.05, 0) is 49.7 Å². The molecule has 3 aromatic rings. The summed E-state index contributed by atoms with van der Waals surface area (Å²) in [6.45, 7) is 1.95. The van der Waals surface area contributed by atoms with Crippen LogP contribution < -0.4 is 5.32 Å². The number of nitrogens with zero attached hydrogens (tertiary/aromatic N) is 3. The Morgan fingerprint density at radius 1 is 1.21 bits per heavy atom. The molecule has 0 saturated carbocycles. The quantitative estimate of drug-likeness (QED) is 0.710. The molecule has 3 heterocycles.